The summed E-state index contributed by atoms with van der Waals surface area (Å²) in [5.74, 6) is 0.230. The zero-order chi connectivity index (χ0) is 10.4. The van der Waals surface area contributed by atoms with Crippen LogP contribution in [0.15, 0.2) is 11.4 Å². The molecule has 0 bridgehead atoms. The first kappa shape index (κ1) is 11.6. The number of aromatic carboxylic acids is 1. The second kappa shape index (κ2) is 6.06. The van der Waals surface area contributed by atoms with E-state index in [1.807, 2.05) is 0 Å². The minimum atomic E-state index is -0.850. The third kappa shape index (κ3) is 3.69. The van der Waals surface area contributed by atoms with E-state index in [2.05, 4.69) is 11.6 Å². The summed E-state index contributed by atoms with van der Waals surface area (Å²) >= 11 is 3.28. The molecule has 0 aliphatic rings. The first-order valence-electron chi connectivity index (χ1n) is 4.24. The summed E-state index contributed by atoms with van der Waals surface area (Å²) in [7, 11) is 0. The van der Waals surface area contributed by atoms with Gasteiger partial charge in [0.25, 0.3) is 0 Å². The molecule has 0 spiro atoms. The molecular weight excluding hydrogens is 218 g/mol. The molecule has 0 saturated heterocycles. The van der Waals surface area contributed by atoms with Gasteiger partial charge >= 0.3 is 5.97 Å². The van der Waals surface area contributed by atoms with Crippen molar-refractivity contribution in [3.05, 3.63) is 21.9 Å². The fourth-order valence-electron chi connectivity index (χ4n) is 0.971. The number of carboxylic acid groups (broad SMARTS) is 1. The average Bonchev–Trinajstić information content (AvgIpc) is 2.61. The van der Waals surface area contributed by atoms with Crippen LogP contribution in [0.25, 0.3) is 0 Å². The van der Waals surface area contributed by atoms with Crippen LogP contribution in [0.4, 0.5) is 0 Å². The Morgan fingerprint density at radius 1 is 1.71 bits per heavy atom. The molecule has 0 radical (unpaired) electrons. The monoisotopic (exact) mass is 231 g/mol. The van der Waals surface area contributed by atoms with E-state index in [4.69, 9.17) is 5.11 Å². The highest BCUT2D eigenvalue weighted by Gasteiger charge is 2.05. The Morgan fingerprint density at radius 2 is 2.50 bits per heavy atom. The van der Waals surface area contributed by atoms with Crippen LogP contribution in [-0.4, -0.2) is 29.6 Å². The van der Waals surface area contributed by atoms with Crippen molar-refractivity contribution in [3.63, 3.8) is 0 Å². The van der Waals surface area contributed by atoms with E-state index in [9.17, 15) is 4.79 Å². The smallest absolute Gasteiger partial charge is 0.336 e. The van der Waals surface area contributed by atoms with E-state index in [-0.39, 0.29) is 0 Å². The van der Waals surface area contributed by atoms with Crippen LogP contribution in [0.5, 0.6) is 0 Å². The van der Waals surface area contributed by atoms with Gasteiger partial charge in [-0.1, -0.05) is 0 Å². The molecule has 1 rings (SSSR count). The number of nitrogens with one attached hydrogen (secondary N) is 1. The first-order chi connectivity index (χ1) is 6.74. The Morgan fingerprint density at radius 3 is 3.07 bits per heavy atom. The highest BCUT2D eigenvalue weighted by atomic mass is 32.2. The van der Waals surface area contributed by atoms with Crippen LogP contribution in [0.3, 0.4) is 0 Å². The zero-order valence-corrected chi connectivity index (χ0v) is 9.58. The predicted molar refractivity (Wildman–Crippen MR) is 61.4 cm³/mol. The fraction of sp³-hybridized carbons (Fsp3) is 0.444. The highest BCUT2D eigenvalue weighted by Crippen LogP contribution is 2.14. The van der Waals surface area contributed by atoms with Crippen LogP contribution >= 0.6 is 23.1 Å². The lowest BCUT2D eigenvalue weighted by atomic mass is 10.3. The first-order valence-corrected chi connectivity index (χ1v) is 6.51. The summed E-state index contributed by atoms with van der Waals surface area (Å²) < 4.78 is 0. The van der Waals surface area contributed by atoms with Gasteiger partial charge in [-0.05, 0) is 12.3 Å². The Balaban J connectivity index is 2.33. The van der Waals surface area contributed by atoms with Crippen LogP contribution in [0, 0.1) is 0 Å². The molecule has 0 atom stereocenters. The molecule has 14 heavy (non-hydrogen) atoms. The van der Waals surface area contributed by atoms with Gasteiger partial charge in [0.05, 0.1) is 5.56 Å². The van der Waals surface area contributed by atoms with Gasteiger partial charge in [0.1, 0.15) is 0 Å². The maximum absolute atomic E-state index is 10.6. The number of thioether (sulfide) groups is 1. The third-order valence-corrected chi connectivity index (χ3v) is 3.23. The lowest BCUT2D eigenvalue weighted by Gasteiger charge is -1.99. The van der Waals surface area contributed by atoms with Gasteiger partial charge < -0.3 is 10.4 Å². The molecule has 0 amide bonds. The van der Waals surface area contributed by atoms with E-state index in [1.54, 1.807) is 23.2 Å². The summed E-state index contributed by atoms with van der Waals surface area (Å²) in [5, 5.41) is 13.6. The number of carbonyl (C=O) groups is 1. The van der Waals surface area contributed by atoms with Crippen LogP contribution < -0.4 is 5.32 Å². The quantitative estimate of drug-likeness (QED) is 0.734. The van der Waals surface area contributed by atoms with Gasteiger partial charge in [0.2, 0.25) is 0 Å². The Bertz CT molecular complexity index is 299. The Labute approximate surface area is 91.5 Å². The van der Waals surface area contributed by atoms with Crippen LogP contribution in [0.2, 0.25) is 0 Å². The topological polar surface area (TPSA) is 49.3 Å². The van der Waals surface area contributed by atoms with Gasteiger partial charge in [0.15, 0.2) is 0 Å². The lowest BCUT2D eigenvalue weighted by Crippen LogP contribution is -2.15. The van der Waals surface area contributed by atoms with Crippen molar-refractivity contribution in [2.75, 3.05) is 18.6 Å². The molecule has 1 aromatic heterocycles. The molecular formula is C9H13NO2S2. The molecule has 0 aromatic carbocycles. The minimum Gasteiger partial charge on any atom is -0.478 e. The van der Waals surface area contributed by atoms with Crippen molar-refractivity contribution in [2.24, 2.45) is 0 Å². The summed E-state index contributed by atoms with van der Waals surface area (Å²) in [6.45, 7) is 1.72. The second-order valence-corrected chi connectivity index (χ2v) is 4.76. The predicted octanol–water partition coefficient (Wildman–Crippen LogP) is 1.90. The van der Waals surface area contributed by atoms with E-state index in [0.717, 1.165) is 23.7 Å². The van der Waals surface area contributed by atoms with Crippen molar-refractivity contribution in [1.29, 1.82) is 0 Å². The maximum atomic E-state index is 10.6. The Hall–Kier alpha value is -0.520. The van der Waals surface area contributed by atoms with Gasteiger partial charge in [0, 0.05) is 29.1 Å². The van der Waals surface area contributed by atoms with Crippen molar-refractivity contribution in [3.8, 4) is 0 Å². The molecule has 0 unspecified atom stereocenters. The number of carboxylic acids is 1. The lowest BCUT2D eigenvalue weighted by molar-refractivity contribution is 0.0697. The number of hydrogen-bond acceptors (Lipinski definition) is 4. The highest BCUT2D eigenvalue weighted by molar-refractivity contribution is 7.98. The molecule has 0 aliphatic heterocycles. The largest absolute Gasteiger partial charge is 0.478 e. The van der Waals surface area contributed by atoms with Gasteiger partial charge in [-0.25, -0.2) is 4.79 Å². The van der Waals surface area contributed by atoms with Crippen molar-refractivity contribution < 1.29 is 9.90 Å². The molecule has 5 heteroatoms. The number of hydrogen-bond donors (Lipinski definition) is 2. The SMILES string of the molecule is CSCCNCc1cc(C(=O)O)cs1. The summed E-state index contributed by atoms with van der Waals surface area (Å²) in [4.78, 5) is 11.6. The van der Waals surface area contributed by atoms with Crippen LogP contribution in [-0.2, 0) is 6.54 Å². The van der Waals surface area contributed by atoms with Crippen molar-refractivity contribution in [1.82, 2.24) is 5.32 Å². The molecule has 2 N–H and O–H groups in total. The van der Waals surface area contributed by atoms with E-state index in [1.165, 1.54) is 11.3 Å². The van der Waals surface area contributed by atoms with E-state index < -0.39 is 5.97 Å². The van der Waals surface area contributed by atoms with Crippen molar-refractivity contribution in [2.45, 2.75) is 6.54 Å². The standard InChI is InChI=1S/C9H13NO2S2/c1-13-3-2-10-5-8-4-7(6-14-8)9(11)12/h4,6,10H,2-3,5H2,1H3,(H,11,12). The average molecular weight is 231 g/mol. The maximum Gasteiger partial charge on any atom is 0.336 e. The number of thiophene rings is 1. The van der Waals surface area contributed by atoms with Gasteiger partial charge in [-0.3, -0.25) is 0 Å². The molecule has 0 fully saturated rings. The summed E-state index contributed by atoms with van der Waals surface area (Å²) in [6.07, 6.45) is 2.06. The molecule has 78 valence electrons. The molecule has 1 aromatic rings. The minimum absolute atomic E-state index is 0.386. The normalized spacial score (nSPS) is 10.4. The summed E-state index contributed by atoms with van der Waals surface area (Å²) in [5.41, 5.74) is 0.386. The van der Waals surface area contributed by atoms with Crippen LogP contribution in [0.1, 0.15) is 15.2 Å². The molecule has 1 heterocycles. The molecule has 0 aliphatic carbocycles. The van der Waals surface area contributed by atoms with Crippen molar-refractivity contribution >= 4 is 29.1 Å². The second-order valence-electron chi connectivity index (χ2n) is 2.78. The molecule has 0 saturated carbocycles. The molecule has 3 nitrogen and oxygen atoms in total. The Kier molecular flexibility index (Phi) is 5.00. The van der Waals surface area contributed by atoms with E-state index >= 15 is 0 Å². The van der Waals surface area contributed by atoms with E-state index in [0.29, 0.717) is 5.56 Å². The fourth-order valence-corrected chi connectivity index (χ4v) is 2.15. The van der Waals surface area contributed by atoms with Gasteiger partial charge in [-0.15, -0.1) is 11.3 Å². The summed E-state index contributed by atoms with van der Waals surface area (Å²) in [6, 6.07) is 1.72. The zero-order valence-electron chi connectivity index (χ0n) is 7.95. The van der Waals surface area contributed by atoms with Gasteiger partial charge in [-0.2, -0.15) is 11.8 Å². The third-order valence-electron chi connectivity index (χ3n) is 1.68. The number of rotatable bonds is 6.